The zero-order chi connectivity index (χ0) is 20.5. The van der Waals surface area contributed by atoms with Crippen LogP contribution in [0.2, 0.25) is 0 Å². The zero-order valence-electron chi connectivity index (χ0n) is 18.2. The van der Waals surface area contributed by atoms with Gasteiger partial charge in [0.1, 0.15) is 0 Å². The van der Waals surface area contributed by atoms with E-state index in [1.807, 2.05) is 0 Å². The van der Waals surface area contributed by atoms with Gasteiger partial charge < -0.3 is 4.74 Å². The Hall–Kier alpha value is -1.19. The van der Waals surface area contributed by atoms with Gasteiger partial charge in [0, 0.05) is 0 Å². The predicted octanol–water partition coefficient (Wildman–Crippen LogP) is 6.20. The molecule has 0 atom stereocenters. The SMILES string of the molecule is CCCCCCCCCCCCCCCCC(C(C)=O)(C(C)=O)C(=O)OC. The Kier molecular flexibility index (Phi) is 15.1. The van der Waals surface area contributed by atoms with Gasteiger partial charge in [-0.25, -0.2) is 0 Å². The molecule has 0 radical (unpaired) electrons. The number of unbranched alkanes of at least 4 members (excludes halogenated alkanes) is 13. The van der Waals surface area contributed by atoms with E-state index in [1.165, 1.54) is 91.6 Å². The molecule has 27 heavy (non-hydrogen) atoms. The van der Waals surface area contributed by atoms with Crippen LogP contribution < -0.4 is 0 Å². The molecule has 0 bridgehead atoms. The van der Waals surface area contributed by atoms with Crippen molar-refractivity contribution in [2.24, 2.45) is 5.41 Å². The van der Waals surface area contributed by atoms with Gasteiger partial charge in [0.2, 0.25) is 0 Å². The van der Waals surface area contributed by atoms with E-state index in [2.05, 4.69) is 6.92 Å². The van der Waals surface area contributed by atoms with Gasteiger partial charge in [-0.3, -0.25) is 14.4 Å². The lowest BCUT2D eigenvalue weighted by atomic mass is 9.76. The van der Waals surface area contributed by atoms with Crippen LogP contribution in [0, 0.1) is 5.41 Å². The van der Waals surface area contributed by atoms with E-state index in [1.54, 1.807) is 0 Å². The fourth-order valence-corrected chi connectivity index (χ4v) is 3.75. The van der Waals surface area contributed by atoms with E-state index in [0.29, 0.717) is 6.42 Å². The summed E-state index contributed by atoms with van der Waals surface area (Å²) < 4.78 is 4.73. The summed E-state index contributed by atoms with van der Waals surface area (Å²) in [6.45, 7) is 4.87. The van der Waals surface area contributed by atoms with Crippen LogP contribution in [0.15, 0.2) is 0 Å². The van der Waals surface area contributed by atoms with Crippen LogP contribution in [0.3, 0.4) is 0 Å². The molecule has 0 aliphatic heterocycles. The van der Waals surface area contributed by atoms with Crippen LogP contribution in [-0.4, -0.2) is 24.6 Å². The molecule has 0 aliphatic rings. The van der Waals surface area contributed by atoms with Gasteiger partial charge in [0.25, 0.3) is 0 Å². The lowest BCUT2D eigenvalue weighted by molar-refractivity contribution is -0.162. The first-order chi connectivity index (χ1) is 12.9. The second-order valence-electron chi connectivity index (χ2n) is 7.86. The molecule has 0 N–H and O–H groups in total. The molecule has 158 valence electrons. The lowest BCUT2D eigenvalue weighted by Gasteiger charge is -2.25. The molecule has 4 nitrogen and oxygen atoms in total. The van der Waals surface area contributed by atoms with Crippen LogP contribution in [0.4, 0.5) is 0 Å². The highest BCUT2D eigenvalue weighted by atomic mass is 16.5. The molecule has 0 aliphatic carbocycles. The van der Waals surface area contributed by atoms with E-state index in [0.717, 1.165) is 12.8 Å². The van der Waals surface area contributed by atoms with Crippen molar-refractivity contribution in [1.82, 2.24) is 0 Å². The minimum atomic E-state index is -1.59. The highest BCUT2D eigenvalue weighted by Gasteiger charge is 2.48. The number of Topliss-reactive ketones (excluding diaryl/α,β-unsaturated/α-hetero) is 2. The second-order valence-corrected chi connectivity index (χ2v) is 7.86. The average Bonchev–Trinajstić information content (AvgIpc) is 2.64. The van der Waals surface area contributed by atoms with E-state index >= 15 is 0 Å². The Morgan fingerprint density at radius 1 is 0.630 bits per heavy atom. The topological polar surface area (TPSA) is 60.4 Å². The molecule has 0 fully saturated rings. The highest BCUT2D eigenvalue weighted by Crippen LogP contribution is 2.30. The highest BCUT2D eigenvalue weighted by molar-refractivity contribution is 6.21. The molecule has 0 spiro atoms. The minimum Gasteiger partial charge on any atom is -0.468 e. The summed E-state index contributed by atoms with van der Waals surface area (Å²) in [6, 6.07) is 0. The van der Waals surface area contributed by atoms with Gasteiger partial charge in [0.15, 0.2) is 17.0 Å². The molecule has 0 rings (SSSR count). The first kappa shape index (κ1) is 25.8. The fourth-order valence-electron chi connectivity index (χ4n) is 3.75. The molecular formula is C23H42O4. The number of esters is 1. The van der Waals surface area contributed by atoms with Crippen LogP contribution >= 0.6 is 0 Å². The Morgan fingerprint density at radius 2 is 0.963 bits per heavy atom. The molecule has 4 heteroatoms. The van der Waals surface area contributed by atoms with Crippen molar-refractivity contribution in [2.75, 3.05) is 7.11 Å². The third-order valence-electron chi connectivity index (χ3n) is 5.64. The summed E-state index contributed by atoms with van der Waals surface area (Å²) in [7, 11) is 1.23. The first-order valence-corrected chi connectivity index (χ1v) is 11.0. The first-order valence-electron chi connectivity index (χ1n) is 11.0. The van der Waals surface area contributed by atoms with Gasteiger partial charge in [-0.2, -0.15) is 0 Å². The molecule has 0 saturated heterocycles. The molecule has 0 aromatic carbocycles. The Balaban J connectivity index is 3.79. The normalized spacial score (nSPS) is 11.4. The molecule has 0 unspecified atom stereocenters. The van der Waals surface area contributed by atoms with Gasteiger partial charge in [-0.05, 0) is 20.3 Å². The maximum Gasteiger partial charge on any atom is 0.326 e. The summed E-state index contributed by atoms with van der Waals surface area (Å²) in [4.78, 5) is 35.9. The van der Waals surface area contributed by atoms with E-state index < -0.39 is 23.0 Å². The summed E-state index contributed by atoms with van der Waals surface area (Å²) >= 11 is 0. The number of carbonyl (C=O) groups excluding carboxylic acids is 3. The van der Waals surface area contributed by atoms with Crippen molar-refractivity contribution in [1.29, 1.82) is 0 Å². The number of rotatable bonds is 18. The molecule has 0 saturated carbocycles. The Labute approximate surface area is 166 Å². The zero-order valence-corrected chi connectivity index (χ0v) is 18.2. The summed E-state index contributed by atoms with van der Waals surface area (Å²) in [5, 5.41) is 0. The molecule has 0 heterocycles. The number of methoxy groups -OCH3 is 1. The largest absolute Gasteiger partial charge is 0.468 e. The predicted molar refractivity (Wildman–Crippen MR) is 111 cm³/mol. The number of ketones is 2. The van der Waals surface area contributed by atoms with Crippen molar-refractivity contribution >= 4 is 17.5 Å². The monoisotopic (exact) mass is 382 g/mol. The molecule has 0 aromatic rings. The number of carbonyl (C=O) groups is 3. The standard InChI is InChI=1S/C23H42O4/c1-5-6-7-8-9-10-11-12-13-14-15-16-17-18-19-23(20(2)24,21(3)25)22(26)27-4/h5-19H2,1-4H3. The molecule has 0 aromatic heterocycles. The van der Waals surface area contributed by atoms with Gasteiger partial charge in [0.05, 0.1) is 7.11 Å². The van der Waals surface area contributed by atoms with Crippen LogP contribution in [0.25, 0.3) is 0 Å². The van der Waals surface area contributed by atoms with Crippen molar-refractivity contribution in [2.45, 2.75) is 117 Å². The van der Waals surface area contributed by atoms with E-state index in [4.69, 9.17) is 4.74 Å². The number of hydrogen-bond donors (Lipinski definition) is 0. The van der Waals surface area contributed by atoms with Gasteiger partial charge >= 0.3 is 5.97 Å². The van der Waals surface area contributed by atoms with E-state index in [-0.39, 0.29) is 6.42 Å². The quantitative estimate of drug-likeness (QED) is 0.161. The third kappa shape index (κ3) is 10.1. The van der Waals surface area contributed by atoms with Crippen molar-refractivity contribution in [3.05, 3.63) is 0 Å². The smallest absolute Gasteiger partial charge is 0.326 e. The van der Waals surface area contributed by atoms with Crippen LogP contribution in [0.5, 0.6) is 0 Å². The second kappa shape index (κ2) is 15.8. The van der Waals surface area contributed by atoms with Crippen molar-refractivity contribution < 1.29 is 19.1 Å². The Bertz CT molecular complexity index is 414. The molecular weight excluding hydrogens is 340 g/mol. The lowest BCUT2D eigenvalue weighted by Crippen LogP contribution is -2.45. The van der Waals surface area contributed by atoms with E-state index in [9.17, 15) is 14.4 Å². The summed E-state index contributed by atoms with van der Waals surface area (Å²) in [5.74, 6) is -1.52. The summed E-state index contributed by atoms with van der Waals surface area (Å²) in [5.41, 5.74) is -1.59. The van der Waals surface area contributed by atoms with Crippen molar-refractivity contribution in [3.8, 4) is 0 Å². The van der Waals surface area contributed by atoms with Crippen LogP contribution in [0.1, 0.15) is 117 Å². The number of hydrogen-bond acceptors (Lipinski definition) is 4. The maximum atomic E-state index is 12.0. The summed E-state index contributed by atoms with van der Waals surface area (Å²) in [6.07, 6.45) is 17.6. The minimum absolute atomic E-state index is 0.266. The van der Waals surface area contributed by atoms with Crippen molar-refractivity contribution in [3.63, 3.8) is 0 Å². The van der Waals surface area contributed by atoms with Gasteiger partial charge in [-0.15, -0.1) is 0 Å². The van der Waals surface area contributed by atoms with Gasteiger partial charge in [-0.1, -0.05) is 96.8 Å². The molecule has 0 amide bonds. The third-order valence-corrected chi connectivity index (χ3v) is 5.64. The average molecular weight is 383 g/mol. The maximum absolute atomic E-state index is 12.0. The number of ether oxygens (including phenoxy) is 1. The fraction of sp³-hybridized carbons (Fsp3) is 0.870. The van der Waals surface area contributed by atoms with Crippen LogP contribution in [-0.2, 0) is 19.1 Å². The Morgan fingerprint density at radius 3 is 1.26 bits per heavy atom.